The van der Waals surface area contributed by atoms with Crippen LogP contribution in [0.3, 0.4) is 0 Å². The van der Waals surface area contributed by atoms with Crippen LogP contribution in [0.2, 0.25) is 0 Å². The molecule has 0 aliphatic rings. The van der Waals surface area contributed by atoms with Crippen molar-refractivity contribution in [3.8, 4) is 11.1 Å². The van der Waals surface area contributed by atoms with E-state index in [1.807, 2.05) is 0 Å². The van der Waals surface area contributed by atoms with Crippen molar-refractivity contribution in [1.82, 2.24) is 4.98 Å². The van der Waals surface area contributed by atoms with Gasteiger partial charge in [0.05, 0.1) is 5.52 Å². The highest BCUT2D eigenvalue weighted by Gasteiger charge is 2.95. The van der Waals surface area contributed by atoms with Gasteiger partial charge in [0, 0.05) is 5.39 Å². The van der Waals surface area contributed by atoms with Gasteiger partial charge in [0.15, 0.2) is 0 Å². The number of halogens is 17. The van der Waals surface area contributed by atoms with E-state index in [0.29, 0.717) is 0 Å². The molecule has 0 unspecified atom stereocenters. The molecule has 1 nitrogen and oxygen atoms in total. The van der Waals surface area contributed by atoms with Gasteiger partial charge in [0.1, 0.15) is 5.69 Å². The minimum absolute atomic E-state index is 0.0374. The fraction of sp³-hybridized carbons (Fsp3) is 0.348. The largest absolute Gasteiger partial charge is 0.460 e. The number of para-hydroxylation sites is 1. The second-order valence-electron chi connectivity index (χ2n) is 8.46. The first-order chi connectivity index (χ1) is 18.3. The Morgan fingerprint density at radius 3 is 1.34 bits per heavy atom. The molecule has 0 N–H and O–H groups in total. The van der Waals surface area contributed by atoms with Crippen LogP contribution in [0, 0.1) is 0 Å². The molecule has 0 spiro atoms. The van der Waals surface area contributed by atoms with Crippen molar-refractivity contribution in [3.63, 3.8) is 0 Å². The molecule has 0 atom stereocenters. The summed E-state index contributed by atoms with van der Waals surface area (Å²) in [6.45, 7) is 0. The Kier molecular flexibility index (Phi) is 7.33. The van der Waals surface area contributed by atoms with Crippen LogP contribution in [-0.4, -0.2) is 46.7 Å². The van der Waals surface area contributed by atoms with E-state index < -0.39 is 64.4 Å². The number of rotatable bonds is 8. The van der Waals surface area contributed by atoms with E-state index in [0.717, 1.165) is 18.2 Å². The number of pyridine rings is 1. The maximum Gasteiger partial charge on any atom is 0.460 e. The molecule has 0 amide bonds. The molecule has 0 aliphatic carbocycles. The molecule has 1 aromatic heterocycles. The Labute approximate surface area is 216 Å². The molecule has 0 bridgehead atoms. The Hall–Kier alpha value is -3.34. The van der Waals surface area contributed by atoms with Crippen LogP contribution in [0.4, 0.5) is 74.6 Å². The van der Waals surface area contributed by atoms with Gasteiger partial charge in [-0.05, 0) is 23.3 Å². The zero-order chi connectivity index (χ0) is 31.7. The summed E-state index contributed by atoms with van der Waals surface area (Å²) in [4.78, 5) is 2.96. The van der Waals surface area contributed by atoms with Crippen molar-refractivity contribution < 1.29 is 74.6 Å². The van der Waals surface area contributed by atoms with E-state index in [1.54, 1.807) is 0 Å². The Morgan fingerprint density at radius 2 is 0.854 bits per heavy atom. The fourth-order valence-electron chi connectivity index (χ4n) is 3.52. The van der Waals surface area contributed by atoms with Crippen molar-refractivity contribution in [3.05, 3.63) is 66.4 Å². The summed E-state index contributed by atoms with van der Waals surface area (Å²) in [6.07, 6.45) is -7.80. The fourth-order valence-corrected chi connectivity index (χ4v) is 3.52. The van der Waals surface area contributed by atoms with Crippen LogP contribution < -0.4 is 0 Å². The molecule has 3 rings (SSSR count). The first kappa shape index (κ1) is 32.2. The molecule has 41 heavy (non-hydrogen) atoms. The highest BCUT2D eigenvalue weighted by molar-refractivity contribution is 5.94. The van der Waals surface area contributed by atoms with Gasteiger partial charge < -0.3 is 0 Å². The zero-order valence-corrected chi connectivity index (χ0v) is 19.1. The SMILES string of the molecule is FC(F)(F)C(F)(F)C(F)(F)C(F)(F)C(F)(F)C(F)(F)C(F)(F)C(F)(F)c1cc(-c2ccccc2)c2ccccc2n1. The Bertz CT molecular complexity index is 1410. The lowest BCUT2D eigenvalue weighted by Gasteiger charge is -2.42. The maximum absolute atomic E-state index is 14.9. The average Bonchev–Trinajstić information content (AvgIpc) is 2.87. The van der Waals surface area contributed by atoms with E-state index >= 15 is 0 Å². The average molecular weight is 623 g/mol. The van der Waals surface area contributed by atoms with Gasteiger partial charge in [-0.2, -0.15) is 74.6 Å². The Balaban J connectivity index is 2.23. The maximum atomic E-state index is 14.9. The van der Waals surface area contributed by atoms with E-state index in [-0.39, 0.29) is 17.0 Å². The number of nitrogens with zero attached hydrogens (tertiary/aromatic N) is 1. The predicted octanol–water partition coefficient (Wildman–Crippen LogP) is 9.37. The van der Waals surface area contributed by atoms with Gasteiger partial charge in [-0.1, -0.05) is 48.5 Å². The molecule has 0 saturated heterocycles. The van der Waals surface area contributed by atoms with Crippen LogP contribution in [0.15, 0.2) is 60.7 Å². The van der Waals surface area contributed by atoms with Gasteiger partial charge in [-0.25, -0.2) is 4.98 Å². The van der Waals surface area contributed by atoms with Crippen molar-refractivity contribution in [2.24, 2.45) is 0 Å². The van der Waals surface area contributed by atoms with E-state index in [1.165, 1.54) is 36.4 Å². The summed E-state index contributed by atoms with van der Waals surface area (Å²) in [5, 5.41) is -0.112. The third kappa shape index (κ3) is 4.35. The molecule has 0 radical (unpaired) electrons. The molecule has 0 fully saturated rings. The second kappa shape index (κ2) is 9.34. The number of fused-ring (bicyclic) bond motifs is 1. The zero-order valence-electron chi connectivity index (χ0n) is 19.1. The van der Waals surface area contributed by atoms with E-state index in [4.69, 9.17) is 0 Å². The second-order valence-corrected chi connectivity index (χ2v) is 8.46. The Morgan fingerprint density at radius 1 is 0.439 bits per heavy atom. The van der Waals surface area contributed by atoms with Crippen LogP contribution in [0.5, 0.6) is 0 Å². The van der Waals surface area contributed by atoms with Crippen molar-refractivity contribution in [2.75, 3.05) is 0 Å². The molecular weight excluding hydrogens is 613 g/mol. The molecule has 18 heteroatoms. The standard InChI is InChI=1S/C23H10F17N/c24-16(25,15-10-13(11-6-2-1-3-7-11)12-8-4-5-9-14(12)41-15)17(26,27)18(28,29)19(30,31)20(32,33)21(34,35)22(36,37)23(38,39)40/h1-10H. The summed E-state index contributed by atoms with van der Waals surface area (Å²) in [7, 11) is 0. The number of aromatic nitrogens is 1. The first-order valence-electron chi connectivity index (χ1n) is 10.5. The number of hydrogen-bond donors (Lipinski definition) is 0. The minimum Gasteiger partial charge on any atom is -0.246 e. The molecule has 3 aromatic rings. The van der Waals surface area contributed by atoms with Gasteiger partial charge >= 0.3 is 47.6 Å². The highest BCUT2D eigenvalue weighted by Crippen LogP contribution is 2.65. The lowest BCUT2D eigenvalue weighted by molar-refractivity contribution is -0.462. The lowest BCUT2D eigenvalue weighted by atomic mass is 9.87. The normalized spacial score (nSPS) is 15.0. The molecule has 0 saturated carbocycles. The molecule has 0 aliphatic heterocycles. The lowest BCUT2D eigenvalue weighted by Crippen LogP contribution is -2.74. The summed E-state index contributed by atoms with van der Waals surface area (Å²) in [5.41, 5.74) is -3.72. The van der Waals surface area contributed by atoms with Gasteiger partial charge in [0.25, 0.3) is 0 Å². The minimum atomic E-state index is -8.69. The van der Waals surface area contributed by atoms with Crippen molar-refractivity contribution in [1.29, 1.82) is 0 Å². The van der Waals surface area contributed by atoms with Gasteiger partial charge in [-0.15, -0.1) is 0 Å². The van der Waals surface area contributed by atoms with Gasteiger partial charge in [-0.3, -0.25) is 0 Å². The predicted molar refractivity (Wildman–Crippen MR) is 107 cm³/mol. The summed E-state index contributed by atoms with van der Waals surface area (Å²) in [5.74, 6) is -57.1. The van der Waals surface area contributed by atoms with Crippen molar-refractivity contribution >= 4 is 10.9 Å². The molecule has 2 aromatic carbocycles. The highest BCUT2D eigenvalue weighted by atomic mass is 19.4. The van der Waals surface area contributed by atoms with E-state index in [2.05, 4.69) is 4.98 Å². The van der Waals surface area contributed by atoms with Gasteiger partial charge in [0.2, 0.25) is 0 Å². The smallest absolute Gasteiger partial charge is 0.246 e. The monoisotopic (exact) mass is 623 g/mol. The van der Waals surface area contributed by atoms with Crippen LogP contribution >= 0.6 is 0 Å². The molecule has 1 heterocycles. The number of hydrogen-bond acceptors (Lipinski definition) is 1. The number of benzene rings is 2. The third-order valence-corrected chi connectivity index (χ3v) is 5.84. The number of alkyl halides is 17. The quantitative estimate of drug-likeness (QED) is 0.228. The summed E-state index contributed by atoms with van der Waals surface area (Å²) >= 11 is 0. The van der Waals surface area contributed by atoms with Crippen LogP contribution in [0.1, 0.15) is 5.69 Å². The molecular formula is C23H10F17N. The summed E-state index contributed by atoms with van der Waals surface area (Å²) < 4.78 is 233. The van der Waals surface area contributed by atoms with Crippen LogP contribution in [0.25, 0.3) is 22.0 Å². The molecule has 226 valence electrons. The van der Waals surface area contributed by atoms with Crippen molar-refractivity contribution in [2.45, 2.75) is 47.6 Å². The third-order valence-electron chi connectivity index (χ3n) is 5.84. The topological polar surface area (TPSA) is 12.9 Å². The summed E-state index contributed by atoms with van der Waals surface area (Å²) in [6, 6.07) is 10.6. The first-order valence-corrected chi connectivity index (χ1v) is 10.5. The van der Waals surface area contributed by atoms with Crippen LogP contribution in [-0.2, 0) is 5.92 Å². The van der Waals surface area contributed by atoms with E-state index in [9.17, 15) is 74.6 Å².